The Labute approximate surface area is 230 Å². The first kappa shape index (κ1) is 29.0. The van der Waals surface area contributed by atoms with E-state index in [0.29, 0.717) is 57.0 Å². The number of nitrogens with zero attached hydrogens (tertiary/aromatic N) is 4. The highest BCUT2D eigenvalue weighted by atomic mass is 35.5. The van der Waals surface area contributed by atoms with E-state index in [-0.39, 0.29) is 30.1 Å². The molecule has 0 radical (unpaired) electrons. The maximum atomic E-state index is 13.2. The van der Waals surface area contributed by atoms with Crippen molar-refractivity contribution in [2.24, 2.45) is 13.0 Å². The van der Waals surface area contributed by atoms with Gasteiger partial charge in [0.25, 0.3) is 0 Å². The van der Waals surface area contributed by atoms with Gasteiger partial charge in [-0.3, -0.25) is 9.59 Å². The number of carbonyl (C=O) groups is 2. The molecule has 0 saturated carbocycles. The van der Waals surface area contributed by atoms with E-state index >= 15 is 0 Å². The molecule has 0 fully saturated rings. The number of nitrogens with one attached hydrogen (secondary N) is 1. The average Bonchev–Trinajstić information content (AvgIpc) is 3.13. The average molecular weight is 547 g/mol. The number of benzene rings is 2. The molecule has 37 heavy (non-hydrogen) atoms. The Kier molecular flexibility index (Phi) is 10.4. The van der Waals surface area contributed by atoms with E-state index in [4.69, 9.17) is 16.6 Å². The largest absolute Gasteiger partial charge is 0.341 e. The number of carbonyl (C=O) groups excluding carboxylic acids is 2. The Bertz CT molecular complexity index is 1230. The second-order valence-corrected chi connectivity index (χ2v) is 10.3. The molecule has 2 heterocycles. The fourth-order valence-corrected chi connectivity index (χ4v) is 4.97. The van der Waals surface area contributed by atoms with Crippen molar-refractivity contribution in [2.45, 2.75) is 46.1 Å². The third-order valence-electron chi connectivity index (χ3n) is 6.70. The maximum Gasteiger partial charge on any atom is 0.227 e. The number of imidazole rings is 1. The molecule has 4 rings (SSSR count). The van der Waals surface area contributed by atoms with Gasteiger partial charge in [0.1, 0.15) is 5.82 Å². The van der Waals surface area contributed by atoms with Crippen LogP contribution < -0.4 is 10.2 Å². The smallest absolute Gasteiger partial charge is 0.227 e. The Morgan fingerprint density at radius 2 is 1.86 bits per heavy atom. The summed E-state index contributed by atoms with van der Waals surface area (Å²) in [6, 6.07) is 13.8. The number of halogens is 2. The molecule has 3 aromatic rings. The van der Waals surface area contributed by atoms with Crippen LogP contribution in [-0.2, 0) is 29.6 Å². The van der Waals surface area contributed by atoms with Gasteiger partial charge in [-0.05, 0) is 42.2 Å². The number of anilines is 1. The molecule has 1 N–H and O–H groups in total. The topological polar surface area (TPSA) is 70.5 Å². The summed E-state index contributed by atoms with van der Waals surface area (Å²) >= 11 is 6.12. The van der Waals surface area contributed by atoms with E-state index < -0.39 is 0 Å². The molecule has 1 aliphatic heterocycles. The van der Waals surface area contributed by atoms with Crippen molar-refractivity contribution in [1.29, 1.82) is 0 Å². The second-order valence-electron chi connectivity index (χ2n) is 9.90. The molecule has 2 amide bonds. The highest BCUT2D eigenvalue weighted by molar-refractivity contribution is 6.31. The second kappa shape index (κ2) is 13.3. The third kappa shape index (κ3) is 7.24. The van der Waals surface area contributed by atoms with E-state index in [9.17, 15) is 9.59 Å². The van der Waals surface area contributed by atoms with Crippen LogP contribution in [0, 0.1) is 5.92 Å². The lowest BCUT2D eigenvalue weighted by Gasteiger charge is -2.27. The molecule has 0 atom stereocenters. The summed E-state index contributed by atoms with van der Waals surface area (Å²) in [4.78, 5) is 34.9. The maximum absolute atomic E-state index is 13.2. The number of aromatic nitrogens is 2. The SMILES string of the molecule is CC(C)CC(=O)N1CCCN(C(=O)CCc2nc3cc(Cl)ccc3n2C)CCNCc2ccccc21.Cl. The summed E-state index contributed by atoms with van der Waals surface area (Å²) < 4.78 is 2.03. The van der Waals surface area contributed by atoms with Gasteiger partial charge in [0.05, 0.1) is 11.0 Å². The first-order valence-electron chi connectivity index (χ1n) is 12.8. The van der Waals surface area contributed by atoms with Gasteiger partial charge >= 0.3 is 0 Å². The van der Waals surface area contributed by atoms with E-state index in [2.05, 4.69) is 25.2 Å². The van der Waals surface area contributed by atoms with Crippen molar-refractivity contribution in [2.75, 3.05) is 31.1 Å². The molecule has 0 unspecified atom stereocenters. The van der Waals surface area contributed by atoms with Crippen molar-refractivity contribution in [3.8, 4) is 0 Å². The van der Waals surface area contributed by atoms with Crippen LogP contribution in [-0.4, -0.2) is 52.4 Å². The van der Waals surface area contributed by atoms with Gasteiger partial charge in [-0.15, -0.1) is 12.4 Å². The molecule has 1 aliphatic rings. The minimum atomic E-state index is 0. The van der Waals surface area contributed by atoms with Crippen molar-refractivity contribution >= 4 is 52.5 Å². The van der Waals surface area contributed by atoms with Crippen molar-refractivity contribution < 1.29 is 9.59 Å². The zero-order chi connectivity index (χ0) is 25.7. The molecule has 0 bridgehead atoms. The lowest BCUT2D eigenvalue weighted by molar-refractivity contribution is -0.131. The van der Waals surface area contributed by atoms with Crippen molar-refractivity contribution in [3.05, 3.63) is 58.9 Å². The van der Waals surface area contributed by atoms with Gasteiger partial charge in [-0.1, -0.05) is 43.6 Å². The lowest BCUT2D eigenvalue weighted by atomic mass is 10.1. The molecule has 2 aromatic carbocycles. The van der Waals surface area contributed by atoms with Crippen LogP contribution in [0.1, 0.15) is 44.5 Å². The summed E-state index contributed by atoms with van der Waals surface area (Å²) in [5, 5.41) is 4.12. The van der Waals surface area contributed by atoms with Crippen LogP contribution >= 0.6 is 24.0 Å². The minimum Gasteiger partial charge on any atom is -0.341 e. The first-order valence-corrected chi connectivity index (χ1v) is 13.2. The normalized spacial score (nSPS) is 14.7. The van der Waals surface area contributed by atoms with Crippen molar-refractivity contribution in [1.82, 2.24) is 19.8 Å². The van der Waals surface area contributed by atoms with Crippen LogP contribution in [0.15, 0.2) is 42.5 Å². The number of amides is 2. The number of hydrogen-bond acceptors (Lipinski definition) is 4. The molecule has 1 aromatic heterocycles. The molecule has 0 spiro atoms. The quantitative estimate of drug-likeness (QED) is 0.490. The predicted molar refractivity (Wildman–Crippen MR) is 152 cm³/mol. The molecule has 0 aliphatic carbocycles. The fraction of sp³-hybridized carbons (Fsp3) is 0.464. The molecule has 0 saturated heterocycles. The van der Waals surface area contributed by atoms with Crippen LogP contribution in [0.3, 0.4) is 0 Å². The summed E-state index contributed by atoms with van der Waals surface area (Å²) in [7, 11) is 1.97. The van der Waals surface area contributed by atoms with Gasteiger partial charge in [-0.2, -0.15) is 0 Å². The summed E-state index contributed by atoms with van der Waals surface area (Å²) in [5.74, 6) is 1.41. The van der Waals surface area contributed by atoms with Crippen LogP contribution in [0.25, 0.3) is 11.0 Å². The molecule has 7 nitrogen and oxygen atoms in total. The Morgan fingerprint density at radius 3 is 2.65 bits per heavy atom. The van der Waals surface area contributed by atoms with Gasteiger partial charge in [-0.25, -0.2) is 4.98 Å². The highest BCUT2D eigenvalue weighted by Crippen LogP contribution is 2.24. The summed E-state index contributed by atoms with van der Waals surface area (Å²) in [5.41, 5.74) is 3.93. The lowest BCUT2D eigenvalue weighted by Crippen LogP contribution is -2.39. The summed E-state index contributed by atoms with van der Waals surface area (Å²) in [6.45, 7) is 7.34. The zero-order valence-corrected chi connectivity index (χ0v) is 23.4. The number of para-hydroxylation sites is 1. The number of fused-ring (bicyclic) bond motifs is 2. The number of rotatable bonds is 5. The molecule has 200 valence electrons. The van der Waals surface area contributed by atoms with Crippen LogP contribution in [0.5, 0.6) is 0 Å². The zero-order valence-electron chi connectivity index (χ0n) is 21.9. The van der Waals surface area contributed by atoms with E-state index in [1.165, 1.54) is 0 Å². The molecular formula is C28H37Cl2N5O2. The van der Waals surface area contributed by atoms with E-state index in [1.807, 2.05) is 57.8 Å². The minimum absolute atomic E-state index is 0. The highest BCUT2D eigenvalue weighted by Gasteiger charge is 2.22. The van der Waals surface area contributed by atoms with Gasteiger partial charge in [0, 0.05) is 69.7 Å². The Hall–Kier alpha value is -2.61. The van der Waals surface area contributed by atoms with Gasteiger partial charge in [0.2, 0.25) is 11.8 Å². The molecule has 9 heteroatoms. The summed E-state index contributed by atoms with van der Waals surface area (Å²) in [6.07, 6.45) is 2.19. The fourth-order valence-electron chi connectivity index (χ4n) is 4.80. The standard InChI is InChI=1S/C28H36ClN5O2.ClH/c1-20(2)17-28(36)34-15-6-14-33(16-13-30-19-21-7-4-5-8-24(21)34)27(35)12-11-26-31-23-18-22(29)9-10-25(23)32(26)3;/h4-5,7-10,18,20,30H,6,11-17,19H2,1-3H3;1H. The monoisotopic (exact) mass is 545 g/mol. The number of hydrogen-bond donors (Lipinski definition) is 1. The van der Waals surface area contributed by atoms with Crippen LogP contribution in [0.4, 0.5) is 5.69 Å². The predicted octanol–water partition coefficient (Wildman–Crippen LogP) is 4.98. The number of aryl methyl sites for hydroxylation is 2. The Balaban J connectivity index is 0.00000380. The van der Waals surface area contributed by atoms with E-state index in [0.717, 1.165) is 34.5 Å². The van der Waals surface area contributed by atoms with Crippen LogP contribution in [0.2, 0.25) is 5.02 Å². The van der Waals surface area contributed by atoms with Crippen molar-refractivity contribution in [3.63, 3.8) is 0 Å². The van der Waals surface area contributed by atoms with E-state index in [1.54, 1.807) is 0 Å². The Morgan fingerprint density at radius 1 is 1.08 bits per heavy atom. The van der Waals surface area contributed by atoms with Gasteiger partial charge in [0.15, 0.2) is 0 Å². The first-order chi connectivity index (χ1) is 17.3. The molecular weight excluding hydrogens is 509 g/mol. The van der Waals surface area contributed by atoms with Gasteiger partial charge < -0.3 is 19.7 Å². The third-order valence-corrected chi connectivity index (χ3v) is 6.94.